The molecule has 5 aliphatic rings. The topological polar surface area (TPSA) is 286 Å². The molecule has 11 rings (SSSR count). The Morgan fingerprint density at radius 1 is 0.484 bits per heavy atom. The lowest BCUT2D eigenvalue weighted by atomic mass is 9.71. The minimum Gasteiger partial charge on any atom is -0.508 e. The van der Waals surface area contributed by atoms with Crippen molar-refractivity contribution in [1.82, 2.24) is 0 Å². The Balaban J connectivity index is 1.19. The molecule has 5 aliphatic heterocycles. The fourth-order valence-electron chi connectivity index (χ4n) is 10.0. The summed E-state index contributed by atoms with van der Waals surface area (Å²) >= 11 is 0. The van der Waals surface area contributed by atoms with Gasteiger partial charge in [0.1, 0.15) is 81.6 Å². The molecule has 2 bridgehead atoms. The molecule has 0 unspecified atom stereocenters. The summed E-state index contributed by atoms with van der Waals surface area (Å²) in [6, 6.07) is 19.5. The van der Waals surface area contributed by atoms with Gasteiger partial charge >= 0.3 is 11.8 Å². The Kier molecular flexibility index (Phi) is 8.34. The zero-order valence-electron chi connectivity index (χ0n) is 32.9. The van der Waals surface area contributed by atoms with Crippen molar-refractivity contribution in [2.75, 3.05) is 0 Å². The Morgan fingerprint density at radius 3 is 1.70 bits per heavy atom. The van der Waals surface area contributed by atoms with Crippen LogP contribution in [0, 0.1) is 0 Å². The van der Waals surface area contributed by atoms with Gasteiger partial charge in [-0.2, -0.15) is 0 Å². The molecule has 6 aromatic rings. The van der Waals surface area contributed by atoms with Crippen molar-refractivity contribution < 1.29 is 84.7 Å². The van der Waals surface area contributed by atoms with E-state index in [-0.39, 0.29) is 85.6 Å². The Hall–Kier alpha value is -7.73. The number of carbonyl (C=O) groups is 1. The van der Waals surface area contributed by atoms with E-state index in [1.54, 1.807) is 0 Å². The highest BCUT2D eigenvalue weighted by atomic mass is 16.7. The van der Waals surface area contributed by atoms with Crippen LogP contribution >= 0.6 is 0 Å². The first-order valence-electron chi connectivity index (χ1n) is 20.1. The number of hydrogen-bond acceptors (Lipinski definition) is 17. The van der Waals surface area contributed by atoms with E-state index in [0.717, 1.165) is 12.1 Å². The largest absolute Gasteiger partial charge is 0.508 e. The lowest BCUT2D eigenvalue weighted by Gasteiger charge is -2.51. The maximum atomic E-state index is 13.0. The number of phenols is 8. The molecule has 64 heavy (non-hydrogen) atoms. The Morgan fingerprint density at radius 2 is 1.05 bits per heavy atom. The maximum absolute atomic E-state index is 13.0. The average Bonchev–Trinajstić information content (AvgIpc) is 3.24. The second-order valence-electron chi connectivity index (χ2n) is 16.5. The van der Waals surface area contributed by atoms with Crippen molar-refractivity contribution in [3.63, 3.8) is 0 Å². The van der Waals surface area contributed by atoms with Crippen LogP contribution in [0.1, 0.15) is 80.9 Å². The number of aliphatic hydroxyl groups excluding tert-OH is 3. The van der Waals surface area contributed by atoms with Gasteiger partial charge < -0.3 is 79.9 Å². The molecule has 0 saturated carbocycles. The molecule has 0 aliphatic carbocycles. The fraction of sp³-hybridized carbons (Fsp3) is 0.213. The van der Waals surface area contributed by atoms with Gasteiger partial charge in [0.2, 0.25) is 0 Å². The molecule has 17 nitrogen and oxygen atoms in total. The average molecular weight is 873 g/mol. The molecule has 17 heteroatoms. The van der Waals surface area contributed by atoms with Gasteiger partial charge in [-0.15, -0.1) is 0 Å². The number of carbonyl (C=O) groups excluding carboxylic acids is 1. The minimum absolute atomic E-state index is 0.0155. The van der Waals surface area contributed by atoms with Crippen molar-refractivity contribution >= 4 is 5.97 Å². The third-order valence-corrected chi connectivity index (χ3v) is 12.8. The second kappa shape index (κ2) is 13.6. The van der Waals surface area contributed by atoms with Crippen LogP contribution in [0.4, 0.5) is 0 Å². The molecular formula is C47H36O17. The van der Waals surface area contributed by atoms with E-state index < -0.39 is 94.5 Å². The Bertz CT molecular complexity index is 2950. The normalized spacial score (nSPS) is 26.9. The standard InChI is InChI=1S/C47H36O17/c48-20-6-1-17(2-7-20)42-41(58)38(35-27(54)15-29-33-23(14-32(56)60-29)40(57)43(62-44(33)35)18-3-10-24(51)25(52)11-18)36-28(55)16-31-37(45(36)61-42)39-34-26(53)12-22(50)13-30(34)63-47(64-31,46(39)59)19-4-8-21(49)9-5-19/h1-13,15-16,23,38-43,46,48-55,57-59H,14H2/t23-,38+,39-,40-,41-,42-,43-,46-,47+/m1/s1. The first kappa shape index (κ1) is 39.1. The van der Waals surface area contributed by atoms with E-state index in [2.05, 4.69) is 0 Å². The van der Waals surface area contributed by atoms with Gasteiger partial charge in [0.25, 0.3) is 0 Å². The van der Waals surface area contributed by atoms with Crippen molar-refractivity contribution in [2.45, 2.75) is 60.5 Å². The summed E-state index contributed by atoms with van der Waals surface area (Å²) in [6.07, 6.45) is -8.01. The van der Waals surface area contributed by atoms with Gasteiger partial charge in [-0.25, -0.2) is 0 Å². The van der Waals surface area contributed by atoms with Crippen molar-refractivity contribution in [3.05, 3.63) is 136 Å². The number of phenolic OH excluding ortho intramolecular Hbond substituents is 8. The van der Waals surface area contributed by atoms with Crippen LogP contribution < -0.4 is 23.7 Å². The van der Waals surface area contributed by atoms with Crippen LogP contribution in [0.3, 0.4) is 0 Å². The van der Waals surface area contributed by atoms with Gasteiger partial charge in [-0.1, -0.05) is 18.2 Å². The summed E-state index contributed by atoms with van der Waals surface area (Å²) in [4.78, 5) is 13.0. The first-order chi connectivity index (χ1) is 30.6. The highest BCUT2D eigenvalue weighted by Crippen LogP contribution is 2.66. The molecule has 9 atom stereocenters. The lowest BCUT2D eigenvalue weighted by Crippen LogP contribution is -2.57. The van der Waals surface area contributed by atoms with Crippen LogP contribution in [0.15, 0.2) is 91.0 Å². The summed E-state index contributed by atoms with van der Waals surface area (Å²) in [5.41, 5.74) is 0.505. The van der Waals surface area contributed by atoms with E-state index in [1.807, 2.05) is 0 Å². The monoisotopic (exact) mass is 872 g/mol. The van der Waals surface area contributed by atoms with Crippen molar-refractivity contribution in [2.24, 2.45) is 0 Å². The predicted octanol–water partition coefficient (Wildman–Crippen LogP) is 4.98. The SMILES string of the molecule is O=C1C[C@@H]2c3c(cc(O)c([C@H]4c5c(O)cc6c(c5O[C@H](c5ccc(O)cc5)[C@@H]4O)[C@H]4c5c(O)cc(O)cc5O[C@@](c5ccc(O)cc5)(O6)[C@@H]4O)c3O[C@H](c3ccc(O)c(O)c3)[C@@H]2O)O1. The third-order valence-electron chi connectivity index (χ3n) is 12.8. The minimum atomic E-state index is -2.12. The number of ether oxygens (including phenoxy) is 5. The van der Waals surface area contributed by atoms with Gasteiger partial charge in [0.05, 0.1) is 18.3 Å². The van der Waals surface area contributed by atoms with Gasteiger partial charge in [0.15, 0.2) is 23.7 Å². The van der Waals surface area contributed by atoms with Crippen LogP contribution in [0.2, 0.25) is 0 Å². The molecule has 0 radical (unpaired) electrons. The van der Waals surface area contributed by atoms with Crippen LogP contribution in [0.25, 0.3) is 0 Å². The van der Waals surface area contributed by atoms with E-state index in [4.69, 9.17) is 23.7 Å². The van der Waals surface area contributed by atoms with Crippen LogP contribution in [0.5, 0.6) is 74.7 Å². The first-order valence-corrected chi connectivity index (χ1v) is 20.1. The van der Waals surface area contributed by atoms with E-state index >= 15 is 0 Å². The van der Waals surface area contributed by atoms with Crippen molar-refractivity contribution in [3.8, 4) is 74.7 Å². The number of hydrogen-bond donors (Lipinski definition) is 11. The molecule has 0 saturated heterocycles. The molecule has 6 aromatic carbocycles. The summed E-state index contributed by atoms with van der Waals surface area (Å²) < 4.78 is 31.7. The molecular weight excluding hydrogens is 837 g/mol. The van der Waals surface area contributed by atoms with Gasteiger partial charge in [0, 0.05) is 63.6 Å². The van der Waals surface area contributed by atoms with E-state index in [0.29, 0.717) is 5.56 Å². The highest BCUT2D eigenvalue weighted by molar-refractivity contribution is 5.80. The zero-order chi connectivity index (χ0) is 44.7. The van der Waals surface area contributed by atoms with Crippen molar-refractivity contribution in [1.29, 1.82) is 0 Å². The number of benzene rings is 6. The molecule has 0 amide bonds. The third kappa shape index (κ3) is 5.50. The zero-order valence-corrected chi connectivity index (χ0v) is 32.9. The van der Waals surface area contributed by atoms with E-state index in [1.165, 1.54) is 78.9 Å². The summed E-state index contributed by atoms with van der Waals surface area (Å²) in [5.74, 6) is -10.7. The number of aromatic hydroxyl groups is 8. The maximum Gasteiger partial charge on any atom is 0.311 e. The van der Waals surface area contributed by atoms with Crippen LogP contribution in [-0.2, 0) is 10.6 Å². The molecule has 5 heterocycles. The molecule has 326 valence electrons. The molecule has 0 aromatic heterocycles. The molecule has 0 spiro atoms. The quantitative estimate of drug-likeness (QED) is 0.0633. The molecule has 11 N–H and O–H groups in total. The number of esters is 1. The van der Waals surface area contributed by atoms with Gasteiger partial charge in [-0.3, -0.25) is 4.79 Å². The fourth-order valence-corrected chi connectivity index (χ4v) is 10.0. The summed E-state index contributed by atoms with van der Waals surface area (Å²) in [6.45, 7) is 0. The lowest BCUT2D eigenvalue weighted by molar-refractivity contribution is -0.219. The smallest absolute Gasteiger partial charge is 0.311 e. The molecule has 0 fully saturated rings. The van der Waals surface area contributed by atoms with E-state index in [9.17, 15) is 61.0 Å². The highest BCUT2D eigenvalue weighted by Gasteiger charge is 2.61. The number of fused-ring (bicyclic) bond motifs is 8. The Labute approximate surface area is 360 Å². The summed E-state index contributed by atoms with van der Waals surface area (Å²) in [5, 5.41) is 125. The van der Waals surface area contributed by atoms with Gasteiger partial charge in [-0.05, 0) is 59.7 Å². The second-order valence-corrected chi connectivity index (χ2v) is 16.5. The summed E-state index contributed by atoms with van der Waals surface area (Å²) in [7, 11) is 0. The number of aliphatic hydroxyl groups is 3. The predicted molar refractivity (Wildman–Crippen MR) is 216 cm³/mol. The van der Waals surface area contributed by atoms with Crippen LogP contribution in [-0.4, -0.2) is 80.5 Å². The number of rotatable bonds is 4.